The van der Waals surface area contributed by atoms with Crippen LogP contribution in [0.2, 0.25) is 0 Å². The van der Waals surface area contributed by atoms with E-state index in [1.54, 1.807) is 12.1 Å². The van der Waals surface area contributed by atoms with E-state index in [-0.39, 0.29) is 42.4 Å². The summed E-state index contributed by atoms with van der Waals surface area (Å²) in [6.07, 6.45) is 0.748. The summed E-state index contributed by atoms with van der Waals surface area (Å²) in [5, 5.41) is 5.49. The number of carbonyl (C=O) groups excluding carboxylic acids is 4. The van der Waals surface area contributed by atoms with E-state index in [9.17, 15) is 19.2 Å². The number of amidine groups is 1. The molecule has 1 aromatic rings. The Bertz CT molecular complexity index is 885. The Morgan fingerprint density at radius 3 is 2.56 bits per heavy atom. The van der Waals surface area contributed by atoms with Crippen LogP contribution in [-0.4, -0.2) is 64.7 Å². The number of rotatable bonds is 10. The van der Waals surface area contributed by atoms with Gasteiger partial charge in [-0.15, -0.1) is 0 Å². The highest BCUT2D eigenvalue weighted by atomic mass is 32.2. The van der Waals surface area contributed by atoms with Gasteiger partial charge in [0.1, 0.15) is 5.25 Å². The second-order valence-corrected chi connectivity index (χ2v) is 8.47. The van der Waals surface area contributed by atoms with E-state index in [1.165, 1.54) is 23.9 Å². The molecule has 0 aromatic heterocycles. The van der Waals surface area contributed by atoms with Crippen molar-refractivity contribution in [3.63, 3.8) is 0 Å². The zero-order valence-electron chi connectivity index (χ0n) is 18.8. The first-order valence-electron chi connectivity index (χ1n) is 10.7. The molecule has 0 saturated heterocycles. The molecule has 0 bridgehead atoms. The molecule has 10 heteroatoms. The maximum Gasteiger partial charge on any atom is 0.338 e. The van der Waals surface area contributed by atoms with Crippen LogP contribution in [0.15, 0.2) is 29.3 Å². The van der Waals surface area contributed by atoms with Gasteiger partial charge in [-0.2, -0.15) is 4.99 Å². The number of amides is 3. The molecule has 0 spiro atoms. The average Bonchev–Trinajstić information content (AvgIpc) is 3.12. The molecule has 1 aliphatic heterocycles. The predicted molar refractivity (Wildman–Crippen MR) is 125 cm³/mol. The first kappa shape index (κ1) is 25.4. The van der Waals surface area contributed by atoms with Crippen molar-refractivity contribution in [1.82, 2.24) is 10.2 Å². The second-order valence-electron chi connectivity index (χ2n) is 7.30. The number of nitrogens with one attached hydrogen (secondary N) is 2. The zero-order chi connectivity index (χ0) is 23.7. The van der Waals surface area contributed by atoms with Crippen LogP contribution in [0.1, 0.15) is 50.9 Å². The fraction of sp³-hybridized carbons (Fsp3) is 0.500. The SMILES string of the molecule is CC[C@@H](C)NC(=O)COC(=O)c1cccc(NC(=O)C[C@H]2SC(N(CC)CC)=NC2=O)c1. The van der Waals surface area contributed by atoms with Crippen molar-refractivity contribution in [1.29, 1.82) is 0 Å². The topological polar surface area (TPSA) is 117 Å². The maximum absolute atomic E-state index is 12.4. The van der Waals surface area contributed by atoms with Crippen LogP contribution < -0.4 is 10.6 Å². The average molecular weight is 463 g/mol. The molecule has 0 aliphatic carbocycles. The molecule has 2 rings (SSSR count). The summed E-state index contributed by atoms with van der Waals surface area (Å²) in [7, 11) is 0. The van der Waals surface area contributed by atoms with Crippen molar-refractivity contribution in [2.45, 2.75) is 51.8 Å². The van der Waals surface area contributed by atoms with Gasteiger partial charge in [-0.05, 0) is 45.4 Å². The van der Waals surface area contributed by atoms with E-state index in [0.29, 0.717) is 10.9 Å². The van der Waals surface area contributed by atoms with Crippen LogP contribution in [0, 0.1) is 0 Å². The highest BCUT2D eigenvalue weighted by Crippen LogP contribution is 2.27. The number of aliphatic imine (C=N–C) groups is 1. The molecule has 0 radical (unpaired) electrons. The second kappa shape index (κ2) is 12.2. The minimum Gasteiger partial charge on any atom is -0.452 e. The van der Waals surface area contributed by atoms with Gasteiger partial charge in [0, 0.05) is 31.2 Å². The van der Waals surface area contributed by atoms with Crippen molar-refractivity contribution >= 4 is 46.3 Å². The van der Waals surface area contributed by atoms with E-state index in [2.05, 4.69) is 15.6 Å². The van der Waals surface area contributed by atoms with Crippen molar-refractivity contribution in [2.75, 3.05) is 25.0 Å². The third-order valence-electron chi connectivity index (χ3n) is 4.87. The minimum atomic E-state index is -0.667. The number of thioether (sulfide) groups is 1. The van der Waals surface area contributed by atoms with Crippen LogP contribution in [0.25, 0.3) is 0 Å². The monoisotopic (exact) mass is 462 g/mol. The summed E-state index contributed by atoms with van der Waals surface area (Å²) in [5.74, 6) is -1.72. The fourth-order valence-electron chi connectivity index (χ4n) is 2.88. The summed E-state index contributed by atoms with van der Waals surface area (Å²) in [4.78, 5) is 54.6. The van der Waals surface area contributed by atoms with E-state index in [0.717, 1.165) is 19.5 Å². The number of hydrogen-bond donors (Lipinski definition) is 2. The standard InChI is InChI=1S/C22H30N4O5S/c1-5-14(4)23-19(28)13-31-21(30)15-9-8-10-16(11-15)24-18(27)12-17-20(29)25-22(32-17)26(6-2)7-3/h8-11,14,17H,5-7,12-13H2,1-4H3,(H,23,28)(H,24,27)/t14-,17-/m1/s1. The largest absolute Gasteiger partial charge is 0.452 e. The molecular formula is C22H30N4O5S. The lowest BCUT2D eigenvalue weighted by Gasteiger charge is -2.19. The van der Waals surface area contributed by atoms with Crippen molar-refractivity contribution in [3.8, 4) is 0 Å². The zero-order valence-corrected chi connectivity index (χ0v) is 19.7. The van der Waals surface area contributed by atoms with Crippen LogP contribution in [0.3, 0.4) is 0 Å². The summed E-state index contributed by atoms with van der Waals surface area (Å²) in [6.45, 7) is 8.85. The van der Waals surface area contributed by atoms with Crippen molar-refractivity contribution < 1.29 is 23.9 Å². The normalized spacial score (nSPS) is 16.2. The van der Waals surface area contributed by atoms with Gasteiger partial charge in [0.2, 0.25) is 5.91 Å². The molecule has 32 heavy (non-hydrogen) atoms. The maximum atomic E-state index is 12.4. The minimum absolute atomic E-state index is 0.00171. The number of ether oxygens (including phenoxy) is 1. The lowest BCUT2D eigenvalue weighted by molar-refractivity contribution is -0.124. The Hall–Kier alpha value is -2.88. The quantitative estimate of drug-likeness (QED) is 0.513. The van der Waals surface area contributed by atoms with Crippen LogP contribution in [-0.2, 0) is 19.1 Å². The molecule has 1 heterocycles. The number of anilines is 1. The molecular weight excluding hydrogens is 432 g/mol. The van der Waals surface area contributed by atoms with E-state index >= 15 is 0 Å². The summed E-state index contributed by atoms with van der Waals surface area (Å²) >= 11 is 1.29. The van der Waals surface area contributed by atoms with E-state index in [1.807, 2.05) is 32.6 Å². The van der Waals surface area contributed by atoms with Crippen LogP contribution in [0.4, 0.5) is 5.69 Å². The number of esters is 1. The number of hydrogen-bond acceptors (Lipinski definition) is 7. The van der Waals surface area contributed by atoms with Crippen molar-refractivity contribution in [2.24, 2.45) is 4.99 Å². The van der Waals surface area contributed by atoms with Gasteiger partial charge < -0.3 is 20.3 Å². The Labute approximate surface area is 192 Å². The highest BCUT2D eigenvalue weighted by Gasteiger charge is 2.32. The lowest BCUT2D eigenvalue weighted by atomic mass is 10.2. The first-order valence-corrected chi connectivity index (χ1v) is 11.6. The Morgan fingerprint density at radius 1 is 1.19 bits per heavy atom. The molecule has 2 N–H and O–H groups in total. The van der Waals surface area contributed by atoms with Crippen molar-refractivity contribution in [3.05, 3.63) is 29.8 Å². The molecule has 0 fully saturated rings. The highest BCUT2D eigenvalue weighted by molar-refractivity contribution is 8.15. The lowest BCUT2D eigenvalue weighted by Crippen LogP contribution is -2.35. The van der Waals surface area contributed by atoms with Gasteiger partial charge in [-0.1, -0.05) is 24.8 Å². The van der Waals surface area contributed by atoms with Gasteiger partial charge in [-0.3, -0.25) is 14.4 Å². The summed E-state index contributed by atoms with van der Waals surface area (Å²) in [6, 6.07) is 6.23. The number of benzene rings is 1. The first-order chi connectivity index (χ1) is 15.3. The van der Waals surface area contributed by atoms with Gasteiger partial charge in [0.25, 0.3) is 11.8 Å². The Morgan fingerprint density at radius 2 is 1.91 bits per heavy atom. The molecule has 3 amide bonds. The third kappa shape index (κ3) is 7.37. The molecule has 1 aliphatic rings. The van der Waals surface area contributed by atoms with Gasteiger partial charge in [0.05, 0.1) is 5.56 Å². The Kier molecular flexibility index (Phi) is 9.70. The molecule has 174 valence electrons. The molecule has 0 unspecified atom stereocenters. The number of carbonyl (C=O) groups is 4. The van der Waals surface area contributed by atoms with Crippen LogP contribution in [0.5, 0.6) is 0 Å². The third-order valence-corrected chi connectivity index (χ3v) is 6.08. The molecule has 9 nitrogen and oxygen atoms in total. The fourth-order valence-corrected chi connectivity index (χ4v) is 4.07. The number of nitrogens with zero attached hydrogens (tertiary/aromatic N) is 2. The van der Waals surface area contributed by atoms with Gasteiger partial charge in [0.15, 0.2) is 11.8 Å². The van der Waals surface area contributed by atoms with E-state index in [4.69, 9.17) is 4.74 Å². The van der Waals surface area contributed by atoms with Gasteiger partial charge in [-0.25, -0.2) is 4.79 Å². The molecule has 0 saturated carbocycles. The van der Waals surface area contributed by atoms with E-state index < -0.39 is 11.2 Å². The summed E-state index contributed by atoms with van der Waals surface area (Å²) in [5.41, 5.74) is 0.603. The van der Waals surface area contributed by atoms with Crippen LogP contribution >= 0.6 is 11.8 Å². The predicted octanol–water partition coefficient (Wildman–Crippen LogP) is 2.43. The van der Waals surface area contributed by atoms with Gasteiger partial charge >= 0.3 is 5.97 Å². The molecule has 1 aromatic carbocycles. The smallest absolute Gasteiger partial charge is 0.338 e. The Balaban J connectivity index is 1.88. The molecule has 2 atom stereocenters. The summed E-state index contributed by atoms with van der Waals surface area (Å²) < 4.78 is 5.04.